The minimum absolute atomic E-state index is 0.0577. The van der Waals surface area contributed by atoms with E-state index < -0.39 is 0 Å². The summed E-state index contributed by atoms with van der Waals surface area (Å²) in [5.74, 6) is 5.98. The van der Waals surface area contributed by atoms with E-state index in [1.54, 1.807) is 18.3 Å². The number of likely N-dealkylation sites (tertiary alicyclic amines) is 1. The standard InChI is InChI=1S/C14H19N3OS/c1-11(18)16-12-6-8-17(9-12)10-14-5-4-13(19-14)3-2-7-15/h4-5,12H,6-10,15H2,1H3,(H,16,18). The Kier molecular flexibility index (Phi) is 4.97. The summed E-state index contributed by atoms with van der Waals surface area (Å²) in [5, 5.41) is 2.98. The van der Waals surface area contributed by atoms with Gasteiger partial charge >= 0.3 is 0 Å². The second-order valence-electron chi connectivity index (χ2n) is 4.69. The van der Waals surface area contributed by atoms with Crippen LogP contribution in [-0.2, 0) is 11.3 Å². The quantitative estimate of drug-likeness (QED) is 0.802. The first-order valence-corrected chi connectivity index (χ1v) is 7.26. The van der Waals surface area contributed by atoms with E-state index in [-0.39, 0.29) is 5.91 Å². The normalized spacial score (nSPS) is 18.9. The molecule has 0 spiro atoms. The van der Waals surface area contributed by atoms with Crippen LogP contribution in [0.4, 0.5) is 0 Å². The second-order valence-corrected chi connectivity index (χ2v) is 5.86. The van der Waals surface area contributed by atoms with Gasteiger partial charge in [-0.25, -0.2) is 0 Å². The third-order valence-corrected chi connectivity index (χ3v) is 4.02. The summed E-state index contributed by atoms with van der Waals surface area (Å²) in [4.78, 5) is 15.8. The molecule has 1 fully saturated rings. The van der Waals surface area contributed by atoms with E-state index in [1.807, 2.05) is 6.07 Å². The van der Waals surface area contributed by atoms with E-state index in [0.29, 0.717) is 12.6 Å². The van der Waals surface area contributed by atoms with Crippen LogP contribution in [0.3, 0.4) is 0 Å². The highest BCUT2D eigenvalue weighted by Gasteiger charge is 2.23. The lowest BCUT2D eigenvalue weighted by Gasteiger charge is -2.15. The summed E-state index contributed by atoms with van der Waals surface area (Å²) in [6.45, 7) is 4.88. The highest BCUT2D eigenvalue weighted by Crippen LogP contribution is 2.20. The van der Waals surface area contributed by atoms with Gasteiger partial charge in [0.1, 0.15) is 0 Å². The molecule has 3 N–H and O–H groups in total. The van der Waals surface area contributed by atoms with E-state index in [4.69, 9.17) is 5.73 Å². The Balaban J connectivity index is 1.85. The topological polar surface area (TPSA) is 58.4 Å². The van der Waals surface area contributed by atoms with Gasteiger partial charge in [-0.1, -0.05) is 11.8 Å². The molecule has 19 heavy (non-hydrogen) atoms. The van der Waals surface area contributed by atoms with Crippen LogP contribution in [0.2, 0.25) is 0 Å². The molecular weight excluding hydrogens is 258 g/mol. The SMILES string of the molecule is CC(=O)NC1CCN(Cc2ccc(C#CCN)s2)C1. The van der Waals surface area contributed by atoms with Crippen LogP contribution >= 0.6 is 11.3 Å². The molecule has 0 aliphatic carbocycles. The second kappa shape index (κ2) is 6.71. The zero-order chi connectivity index (χ0) is 13.7. The zero-order valence-electron chi connectivity index (χ0n) is 11.1. The van der Waals surface area contributed by atoms with Gasteiger partial charge in [0, 0.05) is 37.5 Å². The summed E-state index contributed by atoms with van der Waals surface area (Å²) < 4.78 is 0. The van der Waals surface area contributed by atoms with Crippen LogP contribution in [0.5, 0.6) is 0 Å². The van der Waals surface area contributed by atoms with Gasteiger partial charge in [0.15, 0.2) is 0 Å². The van der Waals surface area contributed by atoms with E-state index in [2.05, 4.69) is 28.1 Å². The van der Waals surface area contributed by atoms with Gasteiger partial charge in [0.05, 0.1) is 11.4 Å². The highest BCUT2D eigenvalue weighted by molar-refractivity contribution is 7.12. The van der Waals surface area contributed by atoms with Crippen molar-refractivity contribution >= 4 is 17.2 Å². The van der Waals surface area contributed by atoms with Crippen LogP contribution < -0.4 is 11.1 Å². The van der Waals surface area contributed by atoms with Gasteiger partial charge in [-0.15, -0.1) is 11.3 Å². The van der Waals surface area contributed by atoms with E-state index >= 15 is 0 Å². The number of thiophene rings is 1. The third-order valence-electron chi connectivity index (χ3n) is 3.03. The first kappa shape index (κ1) is 14.1. The Hall–Kier alpha value is -1.35. The third kappa shape index (κ3) is 4.35. The molecule has 0 saturated carbocycles. The first-order chi connectivity index (χ1) is 9.17. The monoisotopic (exact) mass is 277 g/mol. The Morgan fingerprint density at radius 1 is 1.63 bits per heavy atom. The molecule has 1 atom stereocenters. The maximum atomic E-state index is 11.0. The van der Waals surface area contributed by atoms with Gasteiger partial charge in [-0.3, -0.25) is 9.69 Å². The molecule has 1 unspecified atom stereocenters. The average molecular weight is 277 g/mol. The molecule has 0 radical (unpaired) electrons. The van der Waals surface area contributed by atoms with Gasteiger partial charge in [0.2, 0.25) is 5.91 Å². The Labute approximate surface area is 118 Å². The largest absolute Gasteiger partial charge is 0.352 e. The van der Waals surface area contributed by atoms with Crippen molar-refractivity contribution in [2.75, 3.05) is 19.6 Å². The number of hydrogen-bond donors (Lipinski definition) is 2. The Morgan fingerprint density at radius 2 is 2.47 bits per heavy atom. The minimum Gasteiger partial charge on any atom is -0.352 e. The summed E-state index contributed by atoms with van der Waals surface area (Å²) in [6, 6.07) is 4.47. The fourth-order valence-electron chi connectivity index (χ4n) is 2.27. The fraction of sp³-hybridized carbons (Fsp3) is 0.500. The first-order valence-electron chi connectivity index (χ1n) is 6.44. The molecule has 5 heteroatoms. The lowest BCUT2D eigenvalue weighted by Crippen LogP contribution is -2.35. The summed E-state index contributed by atoms with van der Waals surface area (Å²) in [6.07, 6.45) is 1.03. The van der Waals surface area contributed by atoms with Gasteiger partial charge in [0.25, 0.3) is 0 Å². The van der Waals surface area contributed by atoms with Gasteiger partial charge in [-0.2, -0.15) is 0 Å². The number of carbonyl (C=O) groups is 1. The van der Waals surface area contributed by atoms with E-state index in [0.717, 1.165) is 30.9 Å². The van der Waals surface area contributed by atoms with Crippen molar-refractivity contribution in [1.82, 2.24) is 10.2 Å². The number of rotatable bonds is 3. The number of carbonyl (C=O) groups excluding carboxylic acids is 1. The van der Waals surface area contributed by atoms with Crippen molar-refractivity contribution < 1.29 is 4.79 Å². The molecule has 1 aliphatic rings. The number of nitrogens with two attached hydrogens (primary N) is 1. The minimum atomic E-state index is 0.0577. The average Bonchev–Trinajstić information content (AvgIpc) is 2.96. The predicted molar refractivity (Wildman–Crippen MR) is 77.8 cm³/mol. The molecule has 1 aliphatic heterocycles. The van der Waals surface area contributed by atoms with Crippen molar-refractivity contribution in [1.29, 1.82) is 0 Å². The van der Waals surface area contributed by atoms with Crippen molar-refractivity contribution in [2.24, 2.45) is 5.73 Å². The molecule has 1 saturated heterocycles. The van der Waals surface area contributed by atoms with Crippen LogP contribution in [-0.4, -0.2) is 36.5 Å². The van der Waals surface area contributed by atoms with Crippen LogP contribution in [0.1, 0.15) is 23.1 Å². The van der Waals surface area contributed by atoms with Crippen molar-refractivity contribution in [3.05, 3.63) is 21.9 Å². The lowest BCUT2D eigenvalue weighted by atomic mass is 10.2. The molecule has 102 valence electrons. The molecule has 1 aromatic heterocycles. The fourth-order valence-corrected chi connectivity index (χ4v) is 3.20. The molecule has 1 aromatic rings. The van der Waals surface area contributed by atoms with E-state index in [9.17, 15) is 4.79 Å². The molecule has 0 bridgehead atoms. The number of nitrogens with zero attached hydrogens (tertiary/aromatic N) is 1. The maximum Gasteiger partial charge on any atom is 0.217 e. The van der Waals surface area contributed by atoms with Crippen LogP contribution in [0.15, 0.2) is 12.1 Å². The summed E-state index contributed by atoms with van der Waals surface area (Å²) >= 11 is 1.72. The van der Waals surface area contributed by atoms with E-state index in [1.165, 1.54) is 4.88 Å². The van der Waals surface area contributed by atoms with Crippen molar-refractivity contribution in [3.8, 4) is 11.8 Å². The number of amides is 1. The van der Waals surface area contributed by atoms with Crippen molar-refractivity contribution in [2.45, 2.75) is 25.9 Å². The lowest BCUT2D eigenvalue weighted by molar-refractivity contribution is -0.119. The molecule has 1 amide bonds. The smallest absolute Gasteiger partial charge is 0.217 e. The van der Waals surface area contributed by atoms with Gasteiger partial charge < -0.3 is 11.1 Å². The molecule has 2 heterocycles. The zero-order valence-corrected chi connectivity index (χ0v) is 11.9. The molecular formula is C14H19N3OS. The Bertz CT molecular complexity index is 500. The summed E-state index contributed by atoms with van der Waals surface area (Å²) in [7, 11) is 0. The highest BCUT2D eigenvalue weighted by atomic mass is 32.1. The number of nitrogens with one attached hydrogen (secondary N) is 1. The van der Waals surface area contributed by atoms with Crippen molar-refractivity contribution in [3.63, 3.8) is 0 Å². The predicted octanol–water partition coefficient (Wildman–Crippen LogP) is 0.769. The molecule has 2 rings (SSSR count). The molecule has 4 nitrogen and oxygen atoms in total. The molecule has 0 aromatic carbocycles. The summed E-state index contributed by atoms with van der Waals surface area (Å²) in [5.41, 5.74) is 5.36. The number of hydrogen-bond acceptors (Lipinski definition) is 4. The Morgan fingerprint density at radius 3 is 3.21 bits per heavy atom. The van der Waals surface area contributed by atoms with Crippen LogP contribution in [0, 0.1) is 11.8 Å². The van der Waals surface area contributed by atoms with Gasteiger partial charge in [-0.05, 0) is 18.6 Å². The maximum absolute atomic E-state index is 11.0. The van der Waals surface area contributed by atoms with Crippen LogP contribution in [0.25, 0.3) is 0 Å².